The summed E-state index contributed by atoms with van der Waals surface area (Å²) in [6.07, 6.45) is 0. The van der Waals surface area contributed by atoms with Gasteiger partial charge in [0.2, 0.25) is 6.79 Å². The zero-order valence-corrected chi connectivity index (χ0v) is 17.4. The second kappa shape index (κ2) is 7.41. The van der Waals surface area contributed by atoms with Crippen molar-refractivity contribution in [3.8, 4) is 11.5 Å². The monoisotopic (exact) mass is 437 g/mol. The maximum Gasteiger partial charge on any atom is 0.231 e. The Morgan fingerprint density at radius 3 is 2.52 bits per heavy atom. The number of hydrazine groups is 1. The van der Waals surface area contributed by atoms with Crippen LogP contribution in [0.2, 0.25) is 5.02 Å². The first-order valence-electron chi connectivity index (χ1n) is 10.4. The number of ether oxygens (including phenoxy) is 2. The second-order valence-corrected chi connectivity index (χ2v) is 8.63. The molecule has 5 nitrogen and oxygen atoms in total. The average Bonchev–Trinajstić information content (AvgIpc) is 3.41. The lowest BCUT2D eigenvalue weighted by atomic mass is 9.81. The lowest BCUT2D eigenvalue weighted by Crippen LogP contribution is -2.39. The number of nitrogens with one attached hydrogen (secondary N) is 2. The molecule has 0 aliphatic carbocycles. The van der Waals surface area contributed by atoms with Crippen LogP contribution in [0.3, 0.4) is 0 Å². The molecule has 3 unspecified atom stereocenters. The minimum Gasteiger partial charge on any atom is -0.454 e. The van der Waals surface area contributed by atoms with E-state index in [-0.39, 0.29) is 30.6 Å². The Labute approximate surface area is 184 Å². The highest BCUT2D eigenvalue weighted by atomic mass is 35.5. The number of rotatable bonds is 3. The number of halogens is 2. The van der Waals surface area contributed by atoms with E-state index in [4.69, 9.17) is 21.1 Å². The molecule has 0 spiro atoms. The Morgan fingerprint density at radius 2 is 1.71 bits per heavy atom. The summed E-state index contributed by atoms with van der Waals surface area (Å²) >= 11 is 6.10. The lowest BCUT2D eigenvalue weighted by Gasteiger charge is -2.39. The molecule has 3 atom stereocenters. The van der Waals surface area contributed by atoms with Crippen LogP contribution in [0.25, 0.3) is 0 Å². The third-order valence-corrected chi connectivity index (χ3v) is 6.68. The highest BCUT2D eigenvalue weighted by Crippen LogP contribution is 2.49. The van der Waals surface area contributed by atoms with Gasteiger partial charge in [0, 0.05) is 41.3 Å². The highest BCUT2D eigenvalue weighted by molar-refractivity contribution is 6.30. The van der Waals surface area contributed by atoms with E-state index in [1.54, 1.807) is 6.07 Å². The molecule has 31 heavy (non-hydrogen) atoms. The summed E-state index contributed by atoms with van der Waals surface area (Å²) in [5.41, 5.74) is 11.0. The van der Waals surface area contributed by atoms with Crippen molar-refractivity contribution in [2.45, 2.75) is 18.6 Å². The number of fused-ring (bicyclic) bond motifs is 4. The molecule has 2 N–H and O–H groups in total. The van der Waals surface area contributed by atoms with Crippen molar-refractivity contribution in [1.82, 2.24) is 10.9 Å². The van der Waals surface area contributed by atoms with Gasteiger partial charge in [0.05, 0.1) is 12.1 Å². The van der Waals surface area contributed by atoms with Crippen molar-refractivity contribution in [3.63, 3.8) is 0 Å². The van der Waals surface area contributed by atoms with Crippen LogP contribution < -0.4 is 25.2 Å². The molecule has 6 rings (SSSR count). The van der Waals surface area contributed by atoms with Gasteiger partial charge in [-0.05, 0) is 35.4 Å². The van der Waals surface area contributed by atoms with E-state index in [0.717, 1.165) is 29.3 Å². The normalized spacial score (nSPS) is 23.5. The average molecular weight is 438 g/mol. The molecule has 0 bridgehead atoms. The maximum absolute atomic E-state index is 14.5. The molecule has 7 heteroatoms. The van der Waals surface area contributed by atoms with E-state index in [2.05, 4.69) is 34.0 Å². The Morgan fingerprint density at radius 1 is 0.968 bits per heavy atom. The predicted octanol–water partition coefficient (Wildman–Crippen LogP) is 4.73. The van der Waals surface area contributed by atoms with Crippen molar-refractivity contribution >= 4 is 17.3 Å². The molecular formula is C24H21ClFN3O2. The first-order chi connectivity index (χ1) is 15.2. The van der Waals surface area contributed by atoms with Gasteiger partial charge in [-0.15, -0.1) is 0 Å². The van der Waals surface area contributed by atoms with Crippen molar-refractivity contribution in [2.24, 2.45) is 5.92 Å². The zero-order chi connectivity index (χ0) is 20.9. The predicted molar refractivity (Wildman–Crippen MR) is 117 cm³/mol. The Bertz CT molecular complexity index is 1140. The topological polar surface area (TPSA) is 45.8 Å². The van der Waals surface area contributed by atoms with Gasteiger partial charge in [-0.2, -0.15) is 0 Å². The number of hydrogen-bond donors (Lipinski definition) is 2. The molecule has 3 aliphatic rings. The number of nitrogens with zero attached hydrogens (tertiary/aromatic N) is 1. The highest BCUT2D eigenvalue weighted by Gasteiger charge is 2.44. The van der Waals surface area contributed by atoms with E-state index in [1.807, 2.05) is 30.3 Å². The van der Waals surface area contributed by atoms with Crippen LogP contribution in [0.15, 0.2) is 60.7 Å². The molecule has 1 saturated heterocycles. The lowest BCUT2D eigenvalue weighted by molar-refractivity contribution is 0.174. The maximum atomic E-state index is 14.5. The van der Waals surface area contributed by atoms with Gasteiger partial charge >= 0.3 is 0 Å². The van der Waals surface area contributed by atoms with Crippen molar-refractivity contribution in [3.05, 3.63) is 88.2 Å². The van der Waals surface area contributed by atoms with E-state index in [1.165, 1.54) is 11.6 Å². The molecule has 0 aromatic heterocycles. The minimum absolute atomic E-state index is 0.0991. The third-order valence-electron chi connectivity index (χ3n) is 6.43. The summed E-state index contributed by atoms with van der Waals surface area (Å²) in [4.78, 5) is 2.24. The van der Waals surface area contributed by atoms with E-state index < -0.39 is 0 Å². The Hall–Kier alpha value is -2.80. The summed E-state index contributed by atoms with van der Waals surface area (Å²) in [6, 6.07) is 19.2. The van der Waals surface area contributed by atoms with Crippen LogP contribution in [0.4, 0.5) is 10.1 Å². The zero-order valence-electron chi connectivity index (χ0n) is 16.6. The quantitative estimate of drug-likeness (QED) is 0.620. The van der Waals surface area contributed by atoms with E-state index in [9.17, 15) is 4.39 Å². The molecule has 0 amide bonds. The number of benzene rings is 3. The van der Waals surface area contributed by atoms with Crippen LogP contribution in [0, 0.1) is 11.7 Å². The first kappa shape index (κ1) is 18.9. The van der Waals surface area contributed by atoms with Crippen molar-refractivity contribution in [2.75, 3.05) is 18.2 Å². The van der Waals surface area contributed by atoms with Gasteiger partial charge in [0.15, 0.2) is 11.5 Å². The second-order valence-electron chi connectivity index (χ2n) is 8.20. The fourth-order valence-corrected chi connectivity index (χ4v) is 5.04. The molecule has 3 aromatic carbocycles. The van der Waals surface area contributed by atoms with E-state index in [0.29, 0.717) is 17.1 Å². The van der Waals surface area contributed by atoms with E-state index >= 15 is 0 Å². The summed E-state index contributed by atoms with van der Waals surface area (Å²) in [6.45, 7) is 1.47. The number of anilines is 1. The SMILES string of the molecule is Fc1ccccc1CN1CC2C(c3ccc(Cl)cc3)NNC2c2cc3c(cc21)OCO3. The van der Waals surface area contributed by atoms with Crippen molar-refractivity contribution in [1.29, 1.82) is 0 Å². The third kappa shape index (κ3) is 3.22. The molecule has 0 saturated carbocycles. The molecule has 1 fully saturated rings. The van der Waals surface area contributed by atoms with Gasteiger partial charge in [-0.25, -0.2) is 15.2 Å². The fraction of sp³-hybridized carbons (Fsp3) is 0.250. The van der Waals surface area contributed by atoms with Crippen LogP contribution in [0.5, 0.6) is 11.5 Å². The summed E-state index contributed by atoms with van der Waals surface area (Å²) in [5.74, 6) is 1.53. The minimum atomic E-state index is -0.191. The largest absolute Gasteiger partial charge is 0.454 e. The summed E-state index contributed by atoms with van der Waals surface area (Å²) in [7, 11) is 0. The fourth-order valence-electron chi connectivity index (χ4n) is 4.91. The van der Waals surface area contributed by atoms with Gasteiger partial charge < -0.3 is 14.4 Å². The van der Waals surface area contributed by atoms with Gasteiger partial charge in [0.1, 0.15) is 5.82 Å². The standard InChI is InChI=1S/C24H21ClFN3O2/c25-16-7-5-14(6-8-16)23-18-12-29(11-15-3-1-2-4-19(15)26)20-10-22-21(30-13-31-22)9-17(20)24(18)28-27-23/h1-10,18,23-24,27-28H,11-13H2. The van der Waals surface area contributed by atoms with Crippen LogP contribution >= 0.6 is 11.6 Å². The molecule has 158 valence electrons. The van der Waals surface area contributed by atoms with Crippen LogP contribution in [-0.2, 0) is 6.54 Å². The molecule has 3 aliphatic heterocycles. The van der Waals surface area contributed by atoms with Gasteiger partial charge in [-0.1, -0.05) is 41.9 Å². The number of hydrogen-bond acceptors (Lipinski definition) is 5. The van der Waals surface area contributed by atoms with Gasteiger partial charge in [0.25, 0.3) is 0 Å². The summed E-state index contributed by atoms with van der Waals surface area (Å²) in [5, 5.41) is 0.717. The summed E-state index contributed by atoms with van der Waals surface area (Å²) < 4.78 is 25.8. The van der Waals surface area contributed by atoms with Crippen LogP contribution in [0.1, 0.15) is 28.8 Å². The van der Waals surface area contributed by atoms with Gasteiger partial charge in [-0.3, -0.25) is 0 Å². The first-order valence-corrected chi connectivity index (χ1v) is 10.7. The van der Waals surface area contributed by atoms with Crippen LogP contribution in [-0.4, -0.2) is 13.3 Å². The Balaban J connectivity index is 1.41. The molecule has 0 radical (unpaired) electrons. The molecule has 3 aromatic rings. The molecular weight excluding hydrogens is 417 g/mol. The Kier molecular flexibility index (Phi) is 4.52. The van der Waals surface area contributed by atoms with Crippen molar-refractivity contribution < 1.29 is 13.9 Å². The smallest absolute Gasteiger partial charge is 0.231 e. The molecule has 3 heterocycles.